The summed E-state index contributed by atoms with van der Waals surface area (Å²) in [6.07, 6.45) is 0.576. The number of phenols is 1. The SMILES string of the molecule is Cc1cc(N[C@H](CO)Cc2ccc(O)cc2)ccc1[N+](=O)[O-]. The molecule has 0 fully saturated rings. The van der Waals surface area contributed by atoms with Gasteiger partial charge in [0, 0.05) is 17.3 Å². The first kappa shape index (κ1) is 15.8. The monoisotopic (exact) mass is 302 g/mol. The highest BCUT2D eigenvalue weighted by Gasteiger charge is 2.13. The number of nitrogens with zero attached hydrogens (tertiary/aromatic N) is 1. The molecule has 0 radical (unpaired) electrons. The zero-order valence-corrected chi connectivity index (χ0v) is 12.2. The Hall–Kier alpha value is -2.60. The number of nitro groups is 1. The first-order chi connectivity index (χ1) is 10.5. The van der Waals surface area contributed by atoms with E-state index in [-0.39, 0.29) is 24.1 Å². The Balaban J connectivity index is 2.08. The minimum Gasteiger partial charge on any atom is -0.508 e. The van der Waals surface area contributed by atoms with Gasteiger partial charge in [-0.15, -0.1) is 0 Å². The van der Waals surface area contributed by atoms with Crippen molar-refractivity contribution >= 4 is 11.4 Å². The lowest BCUT2D eigenvalue weighted by Gasteiger charge is -2.18. The molecule has 0 aromatic heterocycles. The normalized spacial score (nSPS) is 11.9. The van der Waals surface area contributed by atoms with Crippen LogP contribution in [0.5, 0.6) is 5.75 Å². The second kappa shape index (κ2) is 6.91. The van der Waals surface area contributed by atoms with Gasteiger partial charge in [0.2, 0.25) is 0 Å². The molecule has 1 atom stereocenters. The molecule has 22 heavy (non-hydrogen) atoms. The number of aliphatic hydroxyl groups is 1. The van der Waals surface area contributed by atoms with Crippen LogP contribution in [0.4, 0.5) is 11.4 Å². The van der Waals surface area contributed by atoms with Crippen LogP contribution in [0.2, 0.25) is 0 Å². The number of hydrogen-bond donors (Lipinski definition) is 3. The molecule has 0 aliphatic carbocycles. The Morgan fingerprint density at radius 2 is 1.91 bits per heavy atom. The maximum absolute atomic E-state index is 10.8. The molecule has 0 spiro atoms. The summed E-state index contributed by atoms with van der Waals surface area (Å²) in [5, 5.41) is 32.7. The van der Waals surface area contributed by atoms with Gasteiger partial charge in [-0.1, -0.05) is 12.1 Å². The molecular formula is C16H18N2O4. The second-order valence-corrected chi connectivity index (χ2v) is 5.15. The lowest BCUT2D eigenvalue weighted by atomic mass is 10.1. The van der Waals surface area contributed by atoms with Gasteiger partial charge in [-0.05, 0) is 43.2 Å². The van der Waals surface area contributed by atoms with Gasteiger partial charge in [0.25, 0.3) is 5.69 Å². The third kappa shape index (κ3) is 3.95. The maximum Gasteiger partial charge on any atom is 0.272 e. The lowest BCUT2D eigenvalue weighted by Crippen LogP contribution is -2.26. The first-order valence-electron chi connectivity index (χ1n) is 6.90. The molecule has 0 amide bonds. The first-order valence-corrected chi connectivity index (χ1v) is 6.90. The van der Waals surface area contributed by atoms with Gasteiger partial charge >= 0.3 is 0 Å². The van der Waals surface area contributed by atoms with E-state index in [0.717, 1.165) is 11.3 Å². The van der Waals surface area contributed by atoms with Gasteiger partial charge in [-0.25, -0.2) is 0 Å². The van der Waals surface area contributed by atoms with Crippen molar-refractivity contribution in [3.63, 3.8) is 0 Å². The summed E-state index contributed by atoms with van der Waals surface area (Å²) >= 11 is 0. The number of nitro benzene ring substituents is 1. The lowest BCUT2D eigenvalue weighted by molar-refractivity contribution is -0.385. The summed E-state index contributed by atoms with van der Waals surface area (Å²) in [4.78, 5) is 10.4. The van der Waals surface area contributed by atoms with Crippen LogP contribution in [0.1, 0.15) is 11.1 Å². The third-order valence-corrected chi connectivity index (χ3v) is 3.40. The van der Waals surface area contributed by atoms with Gasteiger partial charge in [0.15, 0.2) is 0 Å². The quantitative estimate of drug-likeness (QED) is 0.563. The highest BCUT2D eigenvalue weighted by molar-refractivity contribution is 5.54. The summed E-state index contributed by atoms with van der Waals surface area (Å²) in [5.74, 6) is 0.197. The number of phenolic OH excluding ortho intramolecular Hbond substituents is 1. The number of nitrogens with one attached hydrogen (secondary N) is 1. The molecule has 0 heterocycles. The fourth-order valence-corrected chi connectivity index (χ4v) is 2.26. The van der Waals surface area contributed by atoms with Crippen molar-refractivity contribution < 1.29 is 15.1 Å². The zero-order chi connectivity index (χ0) is 16.1. The van der Waals surface area contributed by atoms with E-state index in [1.54, 1.807) is 43.3 Å². The van der Waals surface area contributed by atoms with Gasteiger partial charge in [0.05, 0.1) is 17.6 Å². The van der Waals surface area contributed by atoms with Crippen molar-refractivity contribution in [2.45, 2.75) is 19.4 Å². The van der Waals surface area contributed by atoms with Crippen LogP contribution in [-0.2, 0) is 6.42 Å². The Bertz CT molecular complexity index is 656. The van der Waals surface area contributed by atoms with Gasteiger partial charge in [-0.3, -0.25) is 10.1 Å². The maximum atomic E-state index is 10.8. The Labute approximate surface area is 128 Å². The summed E-state index contributed by atoms with van der Waals surface area (Å²) in [5.41, 5.74) is 2.34. The van der Waals surface area contributed by atoms with E-state index in [2.05, 4.69) is 5.32 Å². The second-order valence-electron chi connectivity index (χ2n) is 5.15. The smallest absolute Gasteiger partial charge is 0.272 e. The standard InChI is InChI=1S/C16H18N2O4/c1-11-8-13(4-7-16(11)18(21)22)17-14(10-19)9-12-2-5-15(20)6-3-12/h2-8,14,17,19-20H,9-10H2,1H3/t14-/m0/s1. The molecule has 0 saturated heterocycles. The predicted molar refractivity (Wildman–Crippen MR) is 84.1 cm³/mol. The molecule has 2 rings (SSSR count). The molecular weight excluding hydrogens is 284 g/mol. The van der Waals surface area contributed by atoms with E-state index in [0.29, 0.717) is 12.0 Å². The number of rotatable bonds is 6. The number of benzene rings is 2. The average molecular weight is 302 g/mol. The molecule has 6 heteroatoms. The molecule has 0 saturated carbocycles. The van der Waals surface area contributed by atoms with Crippen LogP contribution < -0.4 is 5.32 Å². The van der Waals surface area contributed by atoms with E-state index in [9.17, 15) is 20.3 Å². The van der Waals surface area contributed by atoms with Crippen molar-refractivity contribution in [1.82, 2.24) is 0 Å². The minimum absolute atomic E-state index is 0.0725. The van der Waals surface area contributed by atoms with Gasteiger partial charge in [0.1, 0.15) is 5.75 Å². The molecule has 2 aromatic rings. The number of aromatic hydroxyl groups is 1. The van der Waals surface area contributed by atoms with Crippen LogP contribution in [0, 0.1) is 17.0 Å². The van der Waals surface area contributed by atoms with Crippen LogP contribution in [0.25, 0.3) is 0 Å². The number of hydrogen-bond acceptors (Lipinski definition) is 5. The number of anilines is 1. The van der Waals surface area contributed by atoms with Crippen molar-refractivity contribution in [3.8, 4) is 5.75 Å². The number of aliphatic hydroxyl groups excluding tert-OH is 1. The third-order valence-electron chi connectivity index (χ3n) is 3.40. The van der Waals surface area contributed by atoms with E-state index in [1.165, 1.54) is 6.07 Å². The fraction of sp³-hybridized carbons (Fsp3) is 0.250. The minimum atomic E-state index is -0.418. The van der Waals surface area contributed by atoms with Crippen LogP contribution in [-0.4, -0.2) is 27.8 Å². The molecule has 116 valence electrons. The van der Waals surface area contributed by atoms with Gasteiger partial charge < -0.3 is 15.5 Å². The largest absolute Gasteiger partial charge is 0.508 e. The van der Waals surface area contributed by atoms with Crippen molar-refractivity contribution in [1.29, 1.82) is 0 Å². The molecule has 3 N–H and O–H groups in total. The summed E-state index contributed by atoms with van der Waals surface area (Å²) in [7, 11) is 0. The molecule has 0 aliphatic rings. The summed E-state index contributed by atoms with van der Waals surface area (Å²) in [6.45, 7) is 1.61. The highest BCUT2D eigenvalue weighted by Crippen LogP contribution is 2.22. The highest BCUT2D eigenvalue weighted by atomic mass is 16.6. The summed E-state index contributed by atoms with van der Waals surface area (Å²) < 4.78 is 0. The number of aryl methyl sites for hydroxylation is 1. The van der Waals surface area contributed by atoms with Crippen LogP contribution in [0.15, 0.2) is 42.5 Å². The Morgan fingerprint density at radius 3 is 2.45 bits per heavy atom. The fourth-order valence-electron chi connectivity index (χ4n) is 2.26. The van der Waals surface area contributed by atoms with Crippen LogP contribution in [0.3, 0.4) is 0 Å². The Kier molecular flexibility index (Phi) is 4.95. The molecule has 0 aliphatic heterocycles. The van der Waals surface area contributed by atoms with E-state index >= 15 is 0 Å². The topological polar surface area (TPSA) is 95.6 Å². The van der Waals surface area contributed by atoms with Crippen molar-refractivity contribution in [2.75, 3.05) is 11.9 Å². The zero-order valence-electron chi connectivity index (χ0n) is 12.2. The van der Waals surface area contributed by atoms with Gasteiger partial charge in [-0.2, -0.15) is 0 Å². The van der Waals surface area contributed by atoms with E-state index in [1.807, 2.05) is 0 Å². The summed E-state index contributed by atoms with van der Waals surface area (Å²) in [6, 6.07) is 11.3. The van der Waals surface area contributed by atoms with Crippen LogP contribution >= 0.6 is 0 Å². The predicted octanol–water partition coefficient (Wildman–Crippen LogP) is 2.62. The Morgan fingerprint density at radius 1 is 1.23 bits per heavy atom. The molecule has 0 unspecified atom stereocenters. The van der Waals surface area contributed by atoms with Crippen molar-refractivity contribution in [3.05, 3.63) is 63.7 Å². The van der Waals surface area contributed by atoms with E-state index in [4.69, 9.17) is 0 Å². The average Bonchev–Trinajstić information content (AvgIpc) is 2.48. The van der Waals surface area contributed by atoms with E-state index < -0.39 is 4.92 Å². The molecule has 6 nitrogen and oxygen atoms in total. The molecule has 0 bridgehead atoms. The van der Waals surface area contributed by atoms with Crippen molar-refractivity contribution in [2.24, 2.45) is 0 Å². The molecule has 2 aromatic carbocycles.